The van der Waals surface area contributed by atoms with Crippen LogP contribution in [0.2, 0.25) is 5.02 Å². The summed E-state index contributed by atoms with van der Waals surface area (Å²) < 4.78 is 11.7. The predicted octanol–water partition coefficient (Wildman–Crippen LogP) is 4.07. The second-order valence-electron chi connectivity index (χ2n) is 21.7. The summed E-state index contributed by atoms with van der Waals surface area (Å²) in [6.07, 6.45) is 7.22. The Morgan fingerprint density at radius 1 is 0.927 bits per heavy atom. The molecule has 2 saturated heterocycles. The second kappa shape index (κ2) is 26.5. The molecule has 0 bridgehead atoms. The topological polar surface area (TPSA) is 334 Å². The smallest absolute Gasteiger partial charge is 0.329 e. The number of H-pyrrole nitrogens is 1. The maximum atomic E-state index is 15.0. The number of carbonyl (C=O) groups excluding carboxylic acids is 9. The van der Waals surface area contributed by atoms with Gasteiger partial charge in [-0.2, -0.15) is 0 Å². The summed E-state index contributed by atoms with van der Waals surface area (Å²) in [6, 6.07) is 13.4. The summed E-state index contributed by atoms with van der Waals surface area (Å²) in [5.41, 5.74) is 10.8. The third kappa shape index (κ3) is 14.1. The number of rotatable bonds is 17. The van der Waals surface area contributed by atoms with Gasteiger partial charge in [0, 0.05) is 79.0 Å². The van der Waals surface area contributed by atoms with Crippen molar-refractivity contribution in [1.82, 2.24) is 45.2 Å². The number of aromatic nitrogens is 3. The van der Waals surface area contributed by atoms with Crippen LogP contribution in [0, 0.1) is 11.8 Å². The quantitative estimate of drug-likeness (QED) is 0.0370. The zero-order valence-corrected chi connectivity index (χ0v) is 47.5. The number of imide groups is 1. The number of carbonyl (C=O) groups is 9. The maximum Gasteiger partial charge on any atom is 0.329 e. The molecule has 8 amide bonds. The highest BCUT2D eigenvalue weighted by atomic mass is 35.5. The van der Waals surface area contributed by atoms with Crippen molar-refractivity contribution in [2.45, 2.75) is 128 Å². The fraction of sp³-hybridized carbons (Fsp3) is 0.439. The monoisotopic (exact) mass is 1170 g/mol. The Balaban J connectivity index is 0.00000213. The predicted molar refractivity (Wildman–Crippen MR) is 303 cm³/mol. The number of hydrogen-bond acceptors (Lipinski definition) is 11. The van der Waals surface area contributed by atoms with Gasteiger partial charge in [-0.3, -0.25) is 62.2 Å². The van der Waals surface area contributed by atoms with Gasteiger partial charge in [0.2, 0.25) is 35.4 Å². The van der Waals surface area contributed by atoms with Crippen LogP contribution < -0.4 is 32.7 Å². The molecule has 3 aliphatic heterocycles. The Labute approximate surface area is 477 Å². The number of amides is 8. The third-order valence-electron chi connectivity index (χ3n) is 15.9. The van der Waals surface area contributed by atoms with Crippen molar-refractivity contribution >= 4 is 95.3 Å². The molecular formula is C57H68ClN10O13P. The van der Waals surface area contributed by atoms with Gasteiger partial charge in [0.25, 0.3) is 11.8 Å². The van der Waals surface area contributed by atoms with Gasteiger partial charge in [-0.15, -0.1) is 0 Å². The number of fused-ring (bicyclic) bond motifs is 3. The lowest BCUT2D eigenvalue weighted by molar-refractivity contribution is -0.144. The Morgan fingerprint density at radius 2 is 1.67 bits per heavy atom. The molecule has 0 spiro atoms. The van der Waals surface area contributed by atoms with E-state index in [2.05, 4.69) is 26.3 Å². The van der Waals surface area contributed by atoms with Crippen molar-refractivity contribution in [3.63, 3.8) is 0 Å². The van der Waals surface area contributed by atoms with Crippen LogP contribution in [0.3, 0.4) is 0 Å². The van der Waals surface area contributed by atoms with Gasteiger partial charge in [-0.25, -0.2) is 4.79 Å². The van der Waals surface area contributed by atoms with E-state index in [4.69, 9.17) is 31.7 Å². The van der Waals surface area contributed by atoms with Crippen molar-refractivity contribution < 1.29 is 57.5 Å². The number of imidazole rings is 1. The van der Waals surface area contributed by atoms with E-state index in [1.165, 1.54) is 14.0 Å². The summed E-state index contributed by atoms with van der Waals surface area (Å²) in [5, 5.41) is 11.8. The molecule has 25 heteroatoms. The summed E-state index contributed by atoms with van der Waals surface area (Å²) in [6.45, 7) is 4.13. The standard InChI is InChI=1S/C57H65ClN10O10.H3O3P/c1-31(2)36-12-13-37(40(58)26-36)28-60-51(72)42(16-20-49(59)70)62-53(74)46-18-14-39-22-23-66(29-44(56(77)67(39)46)63-52(73)43-27-38-24-34(30-69)8-15-41(38)61-43)55(76)35-10-6-32(7-11-35)4-5-33-9-17-45-48(25-33)65(3)57(78)68(45)47-19-21-50(71)64-54(47)75;1-4(2)3/h8-9,12-15,17,24-27,30-32,35,42,44,46-47,61H,4-7,10-11,16,18-23,28-29H2,1-3H3,(H2,59,70)(H,60,72)(H,62,74)(H,63,73)(H,64,71,75);4H,(H2,1,2,3)/t32?,35?,42-,44-,46-,47?;/m0./s1. The van der Waals surface area contributed by atoms with E-state index in [-0.39, 0.29) is 93.2 Å². The van der Waals surface area contributed by atoms with E-state index < -0.39 is 67.9 Å². The molecule has 9 N–H and O–H groups in total. The average Bonchev–Trinajstić information content (AvgIpc) is 3.23. The van der Waals surface area contributed by atoms with Crippen LogP contribution in [0.5, 0.6) is 0 Å². The van der Waals surface area contributed by atoms with E-state index in [1.54, 1.807) is 42.3 Å². The molecule has 4 aliphatic rings. The van der Waals surface area contributed by atoms with Crippen LogP contribution in [0.4, 0.5) is 0 Å². The zero-order chi connectivity index (χ0) is 59.1. The highest BCUT2D eigenvalue weighted by Crippen LogP contribution is 2.35. The fourth-order valence-electron chi connectivity index (χ4n) is 11.4. The highest BCUT2D eigenvalue weighted by Gasteiger charge is 2.44. The molecule has 23 nitrogen and oxygen atoms in total. The Morgan fingerprint density at radius 3 is 2.35 bits per heavy atom. The Hall–Kier alpha value is -7.72. The molecule has 2 aromatic heterocycles. The van der Waals surface area contributed by atoms with Gasteiger partial charge in [0.05, 0.1) is 11.0 Å². The van der Waals surface area contributed by atoms with Gasteiger partial charge in [-0.1, -0.05) is 49.7 Å². The molecule has 1 saturated carbocycles. The van der Waals surface area contributed by atoms with E-state index in [0.717, 1.165) is 36.8 Å². The minimum atomic E-state index is -3.13. The molecule has 5 heterocycles. The van der Waals surface area contributed by atoms with E-state index >= 15 is 0 Å². The van der Waals surface area contributed by atoms with Crippen molar-refractivity contribution in [3.8, 4) is 0 Å². The lowest BCUT2D eigenvalue weighted by Gasteiger charge is -2.39. The number of benzene rings is 3. The molecule has 1 unspecified atom stereocenters. The lowest BCUT2D eigenvalue weighted by atomic mass is 9.79. The zero-order valence-electron chi connectivity index (χ0n) is 45.7. The fourth-order valence-corrected chi connectivity index (χ4v) is 11.7. The van der Waals surface area contributed by atoms with Crippen LogP contribution in [-0.4, -0.2) is 118 Å². The number of nitrogens with zero attached hydrogens (tertiary/aromatic N) is 4. The van der Waals surface area contributed by atoms with Gasteiger partial charge in [0.15, 0.2) is 0 Å². The van der Waals surface area contributed by atoms with Gasteiger partial charge in [-0.05, 0) is 129 Å². The summed E-state index contributed by atoms with van der Waals surface area (Å²) in [7, 11) is -1.46. The van der Waals surface area contributed by atoms with Crippen molar-refractivity contribution in [2.75, 3.05) is 13.1 Å². The van der Waals surface area contributed by atoms with Crippen molar-refractivity contribution in [1.29, 1.82) is 0 Å². The summed E-state index contributed by atoms with van der Waals surface area (Å²) in [5.74, 6) is -3.95. The van der Waals surface area contributed by atoms with Gasteiger partial charge < -0.3 is 46.3 Å². The molecule has 3 aromatic carbocycles. The number of aromatic amines is 1. The first-order valence-electron chi connectivity index (χ1n) is 27.4. The number of nitrogens with one attached hydrogen (secondary N) is 5. The van der Waals surface area contributed by atoms with Crippen molar-refractivity contribution in [2.24, 2.45) is 24.6 Å². The van der Waals surface area contributed by atoms with Crippen molar-refractivity contribution in [3.05, 3.63) is 116 Å². The van der Waals surface area contributed by atoms with Gasteiger partial charge >= 0.3 is 13.9 Å². The molecule has 5 aromatic rings. The van der Waals surface area contributed by atoms with Crippen LogP contribution in [0.1, 0.15) is 134 Å². The summed E-state index contributed by atoms with van der Waals surface area (Å²) >= 11 is 6.55. The third-order valence-corrected chi connectivity index (χ3v) is 16.3. The van der Waals surface area contributed by atoms with Crippen LogP contribution in [0.15, 0.2) is 77.2 Å². The SMILES string of the molecule is CC(C)c1ccc(CNC(=O)[C@H](CCC(N)=O)NC(=O)[C@@H]2CC=C3CCN(C(=O)C4CCC(CCc5ccc6c(c5)n(C)c(=O)n6C5CCC(=O)NC5=O)CC4)C[C@H](NC(=O)c4cc5cc(C=O)ccc5[nH]4)C(=O)N32)c(Cl)c1.O=[PH](O)O. The Kier molecular flexibility index (Phi) is 19.5. The largest absolute Gasteiger partial charge is 0.370 e. The Bertz CT molecular complexity index is 3450. The number of halogens is 1. The molecule has 4 atom stereocenters. The first-order chi connectivity index (χ1) is 39.1. The van der Waals surface area contributed by atoms with E-state index in [1.807, 2.05) is 50.2 Å². The lowest BCUT2D eigenvalue weighted by Crippen LogP contribution is -2.60. The minimum Gasteiger partial charge on any atom is -0.370 e. The number of aldehydes is 1. The average molecular weight is 1170 g/mol. The van der Waals surface area contributed by atoms with Gasteiger partial charge in [0.1, 0.15) is 36.1 Å². The molecule has 436 valence electrons. The number of primary amides is 1. The molecule has 9 rings (SSSR count). The number of nitrogens with two attached hydrogens (primary N) is 1. The molecule has 82 heavy (non-hydrogen) atoms. The molecular weight excluding hydrogens is 1100 g/mol. The number of aryl methyl sites for hydroxylation is 2. The number of hydrogen-bond donors (Lipinski definition) is 8. The minimum absolute atomic E-state index is 0.0430. The van der Waals surface area contributed by atoms with Crippen LogP contribution >= 0.6 is 19.9 Å². The first-order valence-corrected chi connectivity index (χ1v) is 29.1. The van der Waals surface area contributed by atoms with E-state index in [9.17, 15) is 47.9 Å². The maximum absolute atomic E-state index is 15.0. The molecule has 1 aliphatic carbocycles. The summed E-state index contributed by atoms with van der Waals surface area (Å²) in [4.78, 5) is 153. The first kappa shape index (κ1) is 60.4. The highest BCUT2D eigenvalue weighted by molar-refractivity contribution is 7.30. The molecule has 3 fully saturated rings. The van der Waals surface area contributed by atoms with Crippen LogP contribution in [0.25, 0.3) is 21.9 Å². The normalized spacial score (nSPS) is 20.5. The van der Waals surface area contributed by atoms with E-state index in [0.29, 0.717) is 68.8 Å². The van der Waals surface area contributed by atoms with Crippen LogP contribution in [-0.2, 0) is 58.1 Å². The molecule has 0 radical (unpaired) electrons. The second-order valence-corrected chi connectivity index (χ2v) is 22.7. The number of piperidine rings is 1.